The van der Waals surface area contributed by atoms with E-state index in [1.807, 2.05) is 22.7 Å². The third-order valence-electron chi connectivity index (χ3n) is 4.95. The van der Waals surface area contributed by atoms with E-state index in [-0.39, 0.29) is 0 Å². The van der Waals surface area contributed by atoms with Crippen molar-refractivity contribution in [3.8, 4) is 0 Å². The van der Waals surface area contributed by atoms with E-state index in [0.717, 1.165) is 5.92 Å². The molecule has 0 N–H and O–H groups in total. The van der Waals surface area contributed by atoms with Crippen molar-refractivity contribution < 1.29 is 0 Å². The normalized spacial score (nSPS) is 13.3. The Labute approximate surface area is 148 Å². The highest BCUT2D eigenvalue weighted by Gasteiger charge is 2.16. The minimum absolute atomic E-state index is 0.838. The van der Waals surface area contributed by atoms with Gasteiger partial charge in [0.05, 0.1) is 20.4 Å². The van der Waals surface area contributed by atoms with Crippen molar-refractivity contribution in [1.29, 1.82) is 0 Å². The fraction of sp³-hybridized carbons (Fsp3) is 0.600. The van der Waals surface area contributed by atoms with E-state index in [0.29, 0.717) is 0 Å². The first-order chi connectivity index (χ1) is 11.3. The molecule has 0 fully saturated rings. The van der Waals surface area contributed by atoms with Crippen LogP contribution in [0.4, 0.5) is 0 Å². The topological polar surface area (TPSA) is 4.93 Å². The van der Waals surface area contributed by atoms with Gasteiger partial charge >= 0.3 is 0 Å². The van der Waals surface area contributed by atoms with Gasteiger partial charge in [0, 0.05) is 6.54 Å². The van der Waals surface area contributed by atoms with Gasteiger partial charge in [-0.25, -0.2) is 0 Å². The van der Waals surface area contributed by atoms with E-state index in [4.69, 9.17) is 0 Å². The fourth-order valence-corrected chi connectivity index (χ4v) is 5.61. The van der Waals surface area contributed by atoms with E-state index in [2.05, 4.69) is 41.3 Å². The molecule has 3 heterocycles. The second kappa shape index (κ2) is 8.34. The Morgan fingerprint density at radius 2 is 1.43 bits per heavy atom. The molecule has 0 aromatic carbocycles. The molecule has 0 radical (unpaired) electrons. The summed E-state index contributed by atoms with van der Waals surface area (Å²) in [5.74, 6) is 0.838. The zero-order valence-corrected chi connectivity index (χ0v) is 16.1. The van der Waals surface area contributed by atoms with Crippen LogP contribution in [0.1, 0.15) is 65.2 Å². The summed E-state index contributed by atoms with van der Waals surface area (Å²) >= 11 is 3.80. The molecule has 0 aliphatic heterocycles. The van der Waals surface area contributed by atoms with Gasteiger partial charge in [0.15, 0.2) is 0 Å². The van der Waals surface area contributed by atoms with Crippen molar-refractivity contribution in [2.24, 2.45) is 5.92 Å². The Morgan fingerprint density at radius 3 is 2.04 bits per heavy atom. The molecule has 3 aromatic heterocycles. The molecule has 0 amide bonds. The lowest BCUT2D eigenvalue weighted by Crippen LogP contribution is -2.11. The Bertz CT molecular complexity index is 670. The fourth-order valence-electron chi connectivity index (χ4n) is 3.63. The number of thiophene rings is 2. The molecule has 0 saturated heterocycles. The highest BCUT2D eigenvalue weighted by molar-refractivity contribution is 7.25. The van der Waals surface area contributed by atoms with Crippen LogP contribution in [0.3, 0.4) is 0 Å². The summed E-state index contributed by atoms with van der Waals surface area (Å²) in [6.07, 6.45) is 11.0. The molecule has 0 aliphatic rings. The molecule has 3 aromatic rings. The van der Waals surface area contributed by atoms with Crippen molar-refractivity contribution >= 4 is 43.1 Å². The first-order valence-electron chi connectivity index (χ1n) is 9.28. The monoisotopic (exact) mass is 347 g/mol. The summed E-state index contributed by atoms with van der Waals surface area (Å²) in [5, 5.41) is 4.51. The SMILES string of the molecule is CCCCCCC(CCCC)Cn1c2ccsc2c2sccc21. The number of fused-ring (bicyclic) bond motifs is 3. The summed E-state index contributed by atoms with van der Waals surface area (Å²) in [7, 11) is 0. The average molecular weight is 348 g/mol. The maximum Gasteiger partial charge on any atom is 0.0700 e. The van der Waals surface area contributed by atoms with Gasteiger partial charge in [-0.3, -0.25) is 0 Å². The third kappa shape index (κ3) is 3.83. The van der Waals surface area contributed by atoms with E-state index in [1.165, 1.54) is 78.3 Å². The molecule has 0 spiro atoms. The van der Waals surface area contributed by atoms with Crippen LogP contribution in [0.15, 0.2) is 22.9 Å². The average Bonchev–Trinajstić information content (AvgIpc) is 3.25. The predicted octanol–water partition coefficient (Wildman–Crippen LogP) is 7.69. The van der Waals surface area contributed by atoms with E-state index >= 15 is 0 Å². The maximum absolute atomic E-state index is 2.61. The molecule has 126 valence electrons. The van der Waals surface area contributed by atoms with E-state index in [9.17, 15) is 0 Å². The van der Waals surface area contributed by atoms with E-state index in [1.54, 1.807) is 0 Å². The molecule has 0 aliphatic carbocycles. The van der Waals surface area contributed by atoms with Crippen LogP contribution in [0.5, 0.6) is 0 Å². The second-order valence-corrected chi connectivity index (χ2v) is 8.57. The molecule has 3 rings (SSSR count). The first kappa shape index (κ1) is 17.0. The van der Waals surface area contributed by atoms with Crippen molar-refractivity contribution in [1.82, 2.24) is 4.57 Å². The van der Waals surface area contributed by atoms with Crippen molar-refractivity contribution in [2.75, 3.05) is 0 Å². The predicted molar refractivity (Wildman–Crippen MR) is 107 cm³/mol. The number of unbranched alkanes of at least 4 members (excludes halogenated alkanes) is 4. The Morgan fingerprint density at radius 1 is 0.826 bits per heavy atom. The number of hydrogen-bond donors (Lipinski definition) is 0. The summed E-state index contributed by atoms with van der Waals surface area (Å²) in [6.45, 7) is 5.83. The minimum atomic E-state index is 0.838. The Balaban J connectivity index is 1.77. The van der Waals surface area contributed by atoms with Crippen molar-refractivity contribution in [2.45, 2.75) is 71.8 Å². The number of hydrogen-bond acceptors (Lipinski definition) is 2. The van der Waals surface area contributed by atoms with Gasteiger partial charge in [-0.15, -0.1) is 22.7 Å². The summed E-state index contributed by atoms with van der Waals surface area (Å²) < 4.78 is 5.60. The Kier molecular flexibility index (Phi) is 6.18. The zero-order chi connectivity index (χ0) is 16.1. The highest BCUT2D eigenvalue weighted by atomic mass is 32.1. The van der Waals surface area contributed by atoms with Gasteiger partial charge in [0.2, 0.25) is 0 Å². The molecule has 1 nitrogen and oxygen atoms in total. The highest BCUT2D eigenvalue weighted by Crippen LogP contribution is 2.37. The van der Waals surface area contributed by atoms with Gasteiger partial charge in [-0.1, -0.05) is 52.4 Å². The lowest BCUT2D eigenvalue weighted by Gasteiger charge is -2.18. The number of rotatable bonds is 10. The van der Waals surface area contributed by atoms with E-state index < -0.39 is 0 Å². The van der Waals surface area contributed by atoms with Gasteiger partial charge in [0.1, 0.15) is 0 Å². The van der Waals surface area contributed by atoms with Gasteiger partial charge < -0.3 is 4.57 Å². The Hall–Kier alpha value is -0.800. The van der Waals surface area contributed by atoms with Gasteiger partial charge in [0.25, 0.3) is 0 Å². The van der Waals surface area contributed by atoms with Crippen LogP contribution in [0, 0.1) is 5.92 Å². The van der Waals surface area contributed by atoms with Gasteiger partial charge in [-0.2, -0.15) is 0 Å². The van der Waals surface area contributed by atoms with Crippen LogP contribution in [-0.4, -0.2) is 4.57 Å². The summed E-state index contributed by atoms with van der Waals surface area (Å²) in [6, 6.07) is 4.64. The maximum atomic E-state index is 2.61. The van der Waals surface area contributed by atoms with Crippen LogP contribution in [0.25, 0.3) is 20.4 Å². The molecule has 3 heteroatoms. The largest absolute Gasteiger partial charge is 0.339 e. The molecule has 23 heavy (non-hydrogen) atoms. The van der Waals surface area contributed by atoms with Crippen LogP contribution < -0.4 is 0 Å². The van der Waals surface area contributed by atoms with Crippen molar-refractivity contribution in [3.05, 3.63) is 22.9 Å². The van der Waals surface area contributed by atoms with Gasteiger partial charge in [-0.05, 0) is 41.7 Å². The van der Waals surface area contributed by atoms with Crippen LogP contribution in [0.2, 0.25) is 0 Å². The zero-order valence-electron chi connectivity index (χ0n) is 14.5. The first-order valence-corrected chi connectivity index (χ1v) is 11.0. The second-order valence-electron chi connectivity index (χ2n) is 6.74. The number of nitrogens with zero attached hydrogens (tertiary/aromatic N) is 1. The summed E-state index contributed by atoms with van der Waals surface area (Å²) in [4.78, 5) is 0. The standard InChI is InChI=1S/C20H29NS2/c1-3-5-7-8-10-16(9-6-4-2)15-21-17-11-13-22-19(17)20-18(21)12-14-23-20/h11-14,16H,3-10,15H2,1-2H3. The quantitative estimate of drug-likeness (QED) is 0.331. The molecule has 1 atom stereocenters. The lowest BCUT2D eigenvalue weighted by atomic mass is 9.95. The minimum Gasteiger partial charge on any atom is -0.339 e. The number of aromatic nitrogens is 1. The summed E-state index contributed by atoms with van der Waals surface area (Å²) in [5.41, 5.74) is 2.93. The molecule has 0 bridgehead atoms. The third-order valence-corrected chi connectivity index (χ3v) is 6.92. The molecule has 1 unspecified atom stereocenters. The molecule has 0 saturated carbocycles. The van der Waals surface area contributed by atoms with Crippen LogP contribution >= 0.6 is 22.7 Å². The van der Waals surface area contributed by atoms with Crippen molar-refractivity contribution in [3.63, 3.8) is 0 Å². The molecular weight excluding hydrogens is 318 g/mol. The smallest absolute Gasteiger partial charge is 0.0700 e. The van der Waals surface area contributed by atoms with Crippen LogP contribution in [-0.2, 0) is 6.54 Å². The molecular formula is C20H29NS2. The lowest BCUT2D eigenvalue weighted by molar-refractivity contribution is 0.371.